The van der Waals surface area contributed by atoms with Crippen molar-refractivity contribution in [2.45, 2.75) is 32.2 Å². The SMILES string of the molecule is CC(CN(C)C)NC(=O)C1(C(N)=S)CCC1. The molecule has 1 saturated carbocycles. The summed E-state index contributed by atoms with van der Waals surface area (Å²) in [7, 11) is 3.96. The maximum atomic E-state index is 12.1. The van der Waals surface area contributed by atoms with Crippen LogP contribution in [0.25, 0.3) is 0 Å². The van der Waals surface area contributed by atoms with E-state index in [0.29, 0.717) is 4.99 Å². The summed E-state index contributed by atoms with van der Waals surface area (Å²) in [5, 5.41) is 2.99. The van der Waals surface area contributed by atoms with E-state index in [0.717, 1.165) is 25.8 Å². The van der Waals surface area contributed by atoms with Gasteiger partial charge in [0.15, 0.2) is 0 Å². The topological polar surface area (TPSA) is 58.4 Å². The van der Waals surface area contributed by atoms with Gasteiger partial charge in [-0.05, 0) is 33.9 Å². The molecule has 1 aliphatic rings. The molecule has 0 bridgehead atoms. The molecule has 0 radical (unpaired) electrons. The maximum absolute atomic E-state index is 12.1. The molecule has 1 atom stereocenters. The van der Waals surface area contributed by atoms with Gasteiger partial charge in [0.1, 0.15) is 0 Å². The Morgan fingerprint density at radius 2 is 2.12 bits per heavy atom. The number of carbonyl (C=O) groups is 1. The largest absolute Gasteiger partial charge is 0.392 e. The van der Waals surface area contributed by atoms with Crippen LogP contribution in [0, 0.1) is 5.41 Å². The molecule has 1 rings (SSSR count). The van der Waals surface area contributed by atoms with E-state index in [4.69, 9.17) is 18.0 Å². The summed E-state index contributed by atoms with van der Waals surface area (Å²) in [6, 6.07) is 0.120. The van der Waals surface area contributed by atoms with Crippen LogP contribution < -0.4 is 11.1 Å². The molecule has 0 aromatic carbocycles. The molecule has 3 N–H and O–H groups in total. The Labute approximate surface area is 103 Å². The number of amides is 1. The van der Waals surface area contributed by atoms with Crippen molar-refractivity contribution >= 4 is 23.1 Å². The van der Waals surface area contributed by atoms with Crippen molar-refractivity contribution in [1.29, 1.82) is 0 Å². The number of hydrogen-bond donors (Lipinski definition) is 2. The van der Waals surface area contributed by atoms with Crippen LogP contribution in [0.4, 0.5) is 0 Å². The first kappa shape index (κ1) is 13.4. The molecule has 0 aliphatic heterocycles. The molecule has 0 aromatic rings. The van der Waals surface area contributed by atoms with Crippen LogP contribution >= 0.6 is 12.2 Å². The molecule has 5 heteroatoms. The van der Waals surface area contributed by atoms with Gasteiger partial charge in [-0.3, -0.25) is 4.79 Å². The number of carbonyl (C=O) groups excluding carboxylic acids is 1. The van der Waals surface area contributed by atoms with Crippen molar-refractivity contribution < 1.29 is 4.79 Å². The Morgan fingerprint density at radius 3 is 2.44 bits per heavy atom. The molecular formula is C11H21N3OS. The van der Waals surface area contributed by atoms with E-state index in [1.807, 2.05) is 25.9 Å². The van der Waals surface area contributed by atoms with E-state index in [1.54, 1.807) is 0 Å². The van der Waals surface area contributed by atoms with Crippen LogP contribution in [0.3, 0.4) is 0 Å². The van der Waals surface area contributed by atoms with E-state index >= 15 is 0 Å². The first-order valence-corrected chi connectivity index (χ1v) is 6.05. The number of thiocarbonyl (C=S) groups is 1. The third-order valence-electron chi connectivity index (χ3n) is 3.13. The summed E-state index contributed by atoms with van der Waals surface area (Å²) in [6.45, 7) is 2.81. The van der Waals surface area contributed by atoms with Crippen LogP contribution in [0.15, 0.2) is 0 Å². The lowest BCUT2D eigenvalue weighted by molar-refractivity contribution is -0.131. The first-order valence-electron chi connectivity index (χ1n) is 5.64. The van der Waals surface area contributed by atoms with Crippen molar-refractivity contribution in [2.75, 3.05) is 20.6 Å². The van der Waals surface area contributed by atoms with Gasteiger partial charge < -0.3 is 16.0 Å². The van der Waals surface area contributed by atoms with E-state index in [-0.39, 0.29) is 11.9 Å². The predicted octanol–water partition coefficient (Wildman–Crippen LogP) is 0.509. The zero-order valence-corrected chi connectivity index (χ0v) is 11.1. The predicted molar refractivity (Wildman–Crippen MR) is 69.2 cm³/mol. The average molecular weight is 243 g/mol. The number of hydrogen-bond acceptors (Lipinski definition) is 3. The summed E-state index contributed by atoms with van der Waals surface area (Å²) >= 11 is 5.00. The van der Waals surface area contributed by atoms with Crippen LogP contribution in [-0.4, -0.2) is 42.5 Å². The maximum Gasteiger partial charge on any atom is 0.233 e. The number of nitrogens with one attached hydrogen (secondary N) is 1. The third-order valence-corrected chi connectivity index (χ3v) is 3.52. The quantitative estimate of drug-likeness (QED) is 0.691. The van der Waals surface area contributed by atoms with Crippen LogP contribution in [0.2, 0.25) is 0 Å². The van der Waals surface area contributed by atoms with Gasteiger partial charge >= 0.3 is 0 Å². The molecule has 1 amide bonds. The summed E-state index contributed by atoms with van der Waals surface area (Å²) in [6.07, 6.45) is 2.62. The summed E-state index contributed by atoms with van der Waals surface area (Å²) in [5.74, 6) is 0.000556. The Balaban J connectivity index is 2.54. The van der Waals surface area contributed by atoms with E-state index in [9.17, 15) is 4.79 Å². The molecular weight excluding hydrogens is 222 g/mol. The fraction of sp³-hybridized carbons (Fsp3) is 0.818. The molecule has 1 fully saturated rings. The van der Waals surface area contributed by atoms with E-state index < -0.39 is 5.41 Å². The zero-order chi connectivity index (χ0) is 12.3. The minimum atomic E-state index is -0.560. The molecule has 92 valence electrons. The highest BCUT2D eigenvalue weighted by atomic mass is 32.1. The second kappa shape index (κ2) is 5.10. The van der Waals surface area contributed by atoms with Crippen LogP contribution in [0.5, 0.6) is 0 Å². The smallest absolute Gasteiger partial charge is 0.233 e. The average Bonchev–Trinajstić information content (AvgIpc) is 1.97. The number of likely N-dealkylation sites (N-methyl/N-ethyl adjacent to an activating group) is 1. The Morgan fingerprint density at radius 1 is 1.56 bits per heavy atom. The Hall–Kier alpha value is -0.680. The van der Waals surface area contributed by atoms with Crippen molar-refractivity contribution in [2.24, 2.45) is 11.1 Å². The standard InChI is InChI=1S/C11H21N3OS/c1-8(7-14(2)3)13-10(15)11(9(12)16)5-4-6-11/h8H,4-7H2,1-3H3,(H2,12,16)(H,13,15). The number of nitrogens with two attached hydrogens (primary N) is 1. The highest BCUT2D eigenvalue weighted by molar-refractivity contribution is 7.80. The van der Waals surface area contributed by atoms with Crippen molar-refractivity contribution in [3.8, 4) is 0 Å². The molecule has 0 saturated heterocycles. The van der Waals surface area contributed by atoms with Crippen molar-refractivity contribution in [1.82, 2.24) is 10.2 Å². The van der Waals surface area contributed by atoms with Crippen molar-refractivity contribution in [3.63, 3.8) is 0 Å². The Kier molecular flexibility index (Phi) is 4.27. The van der Waals surface area contributed by atoms with Crippen molar-refractivity contribution in [3.05, 3.63) is 0 Å². The van der Waals surface area contributed by atoms with E-state index in [1.165, 1.54) is 0 Å². The summed E-state index contributed by atoms with van der Waals surface area (Å²) in [5.41, 5.74) is 5.11. The van der Waals surface area contributed by atoms with Gasteiger partial charge in [-0.15, -0.1) is 0 Å². The third kappa shape index (κ3) is 2.71. The molecule has 0 aromatic heterocycles. The van der Waals surface area contributed by atoms with E-state index in [2.05, 4.69) is 5.32 Å². The normalized spacial score (nSPS) is 20.0. The highest BCUT2D eigenvalue weighted by Gasteiger charge is 2.47. The first-order chi connectivity index (χ1) is 7.38. The van der Waals surface area contributed by atoms with Gasteiger partial charge in [0.2, 0.25) is 5.91 Å². The second-order valence-corrected chi connectivity index (χ2v) is 5.38. The van der Waals surface area contributed by atoms with Gasteiger partial charge in [-0.25, -0.2) is 0 Å². The molecule has 1 unspecified atom stereocenters. The van der Waals surface area contributed by atoms with Gasteiger partial charge in [0.05, 0.1) is 10.4 Å². The van der Waals surface area contributed by atoms with Gasteiger partial charge in [-0.2, -0.15) is 0 Å². The lowest BCUT2D eigenvalue weighted by atomic mass is 9.68. The Bertz CT molecular complexity index is 287. The molecule has 4 nitrogen and oxygen atoms in total. The second-order valence-electron chi connectivity index (χ2n) is 4.94. The lowest BCUT2D eigenvalue weighted by Crippen LogP contribution is -2.55. The van der Waals surface area contributed by atoms with Crippen LogP contribution in [-0.2, 0) is 4.79 Å². The molecule has 0 heterocycles. The zero-order valence-electron chi connectivity index (χ0n) is 10.2. The summed E-state index contributed by atoms with van der Waals surface area (Å²) < 4.78 is 0. The molecule has 0 spiro atoms. The fourth-order valence-electron chi connectivity index (χ4n) is 2.07. The highest BCUT2D eigenvalue weighted by Crippen LogP contribution is 2.41. The summed E-state index contributed by atoms with van der Waals surface area (Å²) in [4.78, 5) is 14.5. The number of rotatable bonds is 5. The fourth-order valence-corrected chi connectivity index (χ4v) is 2.37. The molecule has 1 aliphatic carbocycles. The monoisotopic (exact) mass is 243 g/mol. The molecule has 16 heavy (non-hydrogen) atoms. The van der Waals surface area contributed by atoms with Gasteiger partial charge in [0, 0.05) is 12.6 Å². The van der Waals surface area contributed by atoms with Gasteiger partial charge in [-0.1, -0.05) is 18.6 Å². The minimum absolute atomic E-state index is 0.000556. The minimum Gasteiger partial charge on any atom is -0.392 e. The lowest BCUT2D eigenvalue weighted by Gasteiger charge is -2.40. The van der Waals surface area contributed by atoms with Crippen LogP contribution in [0.1, 0.15) is 26.2 Å². The number of nitrogens with zero attached hydrogens (tertiary/aromatic N) is 1. The van der Waals surface area contributed by atoms with Gasteiger partial charge in [0.25, 0.3) is 0 Å².